The van der Waals surface area contributed by atoms with Crippen LogP contribution >= 0.6 is 0 Å². The lowest BCUT2D eigenvalue weighted by Gasteiger charge is -2.15. The lowest BCUT2D eigenvalue weighted by Crippen LogP contribution is -2.31. The summed E-state index contributed by atoms with van der Waals surface area (Å²) in [7, 11) is 1.59. The van der Waals surface area contributed by atoms with Crippen molar-refractivity contribution in [2.24, 2.45) is 0 Å². The number of carbonyl (C=O) groups is 2. The predicted octanol–water partition coefficient (Wildman–Crippen LogP) is 2.95. The zero-order valence-electron chi connectivity index (χ0n) is 13.6. The quantitative estimate of drug-likeness (QED) is 0.599. The molecule has 0 unspecified atom stereocenters. The molecule has 1 aromatic carbocycles. The van der Waals surface area contributed by atoms with E-state index in [1.807, 2.05) is 26.0 Å². The molecule has 120 valence electrons. The van der Waals surface area contributed by atoms with Gasteiger partial charge < -0.3 is 14.4 Å². The molecular weight excluding hydrogens is 282 g/mol. The molecule has 5 heteroatoms. The summed E-state index contributed by atoms with van der Waals surface area (Å²) in [5, 5.41) is 0. The van der Waals surface area contributed by atoms with E-state index in [1.165, 1.54) is 16.5 Å². The summed E-state index contributed by atoms with van der Waals surface area (Å²) >= 11 is 0. The number of aryl methyl sites for hydroxylation is 2. The second kappa shape index (κ2) is 8.87. The van der Waals surface area contributed by atoms with Crippen molar-refractivity contribution in [2.45, 2.75) is 20.8 Å². The van der Waals surface area contributed by atoms with Crippen molar-refractivity contribution in [3.63, 3.8) is 0 Å². The predicted molar refractivity (Wildman–Crippen MR) is 85.6 cm³/mol. The first-order valence-electron chi connectivity index (χ1n) is 7.24. The number of ether oxygens (including phenoxy) is 2. The van der Waals surface area contributed by atoms with Crippen LogP contribution in [0, 0.1) is 13.8 Å². The molecule has 0 heterocycles. The number of nitrogens with zero attached hydrogens (tertiary/aromatic N) is 1. The fourth-order valence-electron chi connectivity index (χ4n) is 1.83. The van der Waals surface area contributed by atoms with E-state index >= 15 is 0 Å². The van der Waals surface area contributed by atoms with E-state index in [1.54, 1.807) is 20.0 Å². The van der Waals surface area contributed by atoms with Gasteiger partial charge >= 0.3 is 12.1 Å². The summed E-state index contributed by atoms with van der Waals surface area (Å²) in [6.07, 6.45) is 2.69. The average molecular weight is 305 g/mol. The van der Waals surface area contributed by atoms with Crippen LogP contribution in [0.5, 0.6) is 0 Å². The minimum absolute atomic E-state index is 0.130. The SMILES string of the molecule is CCOC(=O)N(C)CCOC(=O)/C=C/c1ccc(C)cc1C. The first kappa shape index (κ1) is 17.8. The van der Waals surface area contributed by atoms with Crippen LogP contribution in [0.2, 0.25) is 0 Å². The summed E-state index contributed by atoms with van der Waals surface area (Å²) in [5.74, 6) is -0.433. The normalized spacial score (nSPS) is 10.5. The van der Waals surface area contributed by atoms with Gasteiger partial charge in [-0.2, -0.15) is 0 Å². The Morgan fingerprint density at radius 3 is 2.59 bits per heavy atom. The average Bonchev–Trinajstić information content (AvgIpc) is 2.46. The van der Waals surface area contributed by atoms with Crippen LogP contribution in [0.25, 0.3) is 6.08 Å². The van der Waals surface area contributed by atoms with Gasteiger partial charge in [-0.05, 0) is 38.0 Å². The molecule has 0 bridgehead atoms. The maximum absolute atomic E-state index is 11.6. The second-order valence-corrected chi connectivity index (χ2v) is 4.98. The van der Waals surface area contributed by atoms with Gasteiger partial charge in [0.25, 0.3) is 0 Å². The highest BCUT2D eigenvalue weighted by molar-refractivity contribution is 5.87. The lowest BCUT2D eigenvalue weighted by atomic mass is 10.1. The Bertz CT molecular complexity index is 552. The molecular formula is C17H23NO4. The molecule has 0 N–H and O–H groups in total. The molecule has 0 spiro atoms. The minimum atomic E-state index is -0.433. The third kappa shape index (κ3) is 5.99. The number of carbonyl (C=O) groups excluding carboxylic acids is 2. The van der Waals surface area contributed by atoms with Gasteiger partial charge in [-0.25, -0.2) is 9.59 Å². The maximum Gasteiger partial charge on any atom is 0.409 e. The standard InChI is InChI=1S/C17H23NO4/c1-5-21-17(20)18(4)10-11-22-16(19)9-8-15-7-6-13(2)12-14(15)3/h6-9,12H,5,10-11H2,1-4H3/b9-8+. The van der Waals surface area contributed by atoms with E-state index in [0.29, 0.717) is 13.2 Å². The van der Waals surface area contributed by atoms with Gasteiger partial charge in [-0.1, -0.05) is 23.8 Å². The second-order valence-electron chi connectivity index (χ2n) is 4.98. The Hall–Kier alpha value is -2.30. The number of hydrogen-bond donors (Lipinski definition) is 0. The van der Waals surface area contributed by atoms with Crippen molar-refractivity contribution in [3.8, 4) is 0 Å². The molecule has 0 aliphatic carbocycles. The van der Waals surface area contributed by atoms with Crippen LogP contribution < -0.4 is 0 Å². The van der Waals surface area contributed by atoms with Gasteiger partial charge in [0.1, 0.15) is 6.61 Å². The largest absolute Gasteiger partial charge is 0.461 e. The van der Waals surface area contributed by atoms with Crippen molar-refractivity contribution in [2.75, 3.05) is 26.8 Å². The van der Waals surface area contributed by atoms with Gasteiger partial charge in [0.15, 0.2) is 0 Å². The molecule has 1 aromatic rings. The molecule has 0 saturated carbocycles. The fraction of sp³-hybridized carbons (Fsp3) is 0.412. The van der Waals surface area contributed by atoms with Crippen molar-refractivity contribution in [1.82, 2.24) is 4.90 Å². The Labute approximate surface area is 131 Å². The van der Waals surface area contributed by atoms with Crippen LogP contribution in [-0.4, -0.2) is 43.8 Å². The summed E-state index contributed by atoms with van der Waals surface area (Å²) in [6.45, 7) is 6.50. The zero-order chi connectivity index (χ0) is 16.5. The van der Waals surface area contributed by atoms with Crippen LogP contribution in [0.4, 0.5) is 4.79 Å². The summed E-state index contributed by atoms with van der Waals surface area (Å²) in [6, 6.07) is 6.01. The third-order valence-electron chi connectivity index (χ3n) is 3.07. The minimum Gasteiger partial charge on any atom is -0.461 e. The molecule has 0 atom stereocenters. The van der Waals surface area contributed by atoms with Crippen molar-refractivity contribution < 1.29 is 19.1 Å². The Balaban J connectivity index is 2.40. The van der Waals surface area contributed by atoms with E-state index in [4.69, 9.17) is 9.47 Å². The number of benzene rings is 1. The molecule has 0 radical (unpaired) electrons. The number of rotatable bonds is 6. The van der Waals surface area contributed by atoms with Crippen molar-refractivity contribution in [3.05, 3.63) is 41.0 Å². The summed E-state index contributed by atoms with van der Waals surface area (Å²) in [5.41, 5.74) is 3.26. The Morgan fingerprint density at radius 2 is 1.95 bits per heavy atom. The number of hydrogen-bond acceptors (Lipinski definition) is 4. The van der Waals surface area contributed by atoms with Crippen LogP contribution in [0.1, 0.15) is 23.6 Å². The van der Waals surface area contributed by atoms with E-state index in [0.717, 1.165) is 11.1 Å². The third-order valence-corrected chi connectivity index (χ3v) is 3.07. The molecule has 0 aromatic heterocycles. The Morgan fingerprint density at radius 1 is 1.23 bits per heavy atom. The van der Waals surface area contributed by atoms with Gasteiger partial charge in [-0.3, -0.25) is 0 Å². The Kier molecular flexibility index (Phi) is 7.16. The molecule has 0 saturated heterocycles. The molecule has 5 nitrogen and oxygen atoms in total. The van der Waals surface area contributed by atoms with Crippen molar-refractivity contribution in [1.29, 1.82) is 0 Å². The van der Waals surface area contributed by atoms with E-state index in [9.17, 15) is 9.59 Å². The summed E-state index contributed by atoms with van der Waals surface area (Å²) in [4.78, 5) is 24.3. The number of likely N-dealkylation sites (N-methyl/N-ethyl adjacent to an activating group) is 1. The first-order chi connectivity index (χ1) is 10.4. The topological polar surface area (TPSA) is 55.8 Å². The van der Waals surface area contributed by atoms with E-state index < -0.39 is 12.1 Å². The monoisotopic (exact) mass is 305 g/mol. The lowest BCUT2D eigenvalue weighted by molar-refractivity contribution is -0.137. The van der Waals surface area contributed by atoms with Crippen LogP contribution in [0.15, 0.2) is 24.3 Å². The van der Waals surface area contributed by atoms with Gasteiger partial charge in [0.2, 0.25) is 0 Å². The first-order valence-corrected chi connectivity index (χ1v) is 7.24. The van der Waals surface area contributed by atoms with Crippen molar-refractivity contribution >= 4 is 18.1 Å². The summed E-state index contributed by atoms with van der Waals surface area (Å²) < 4.78 is 9.87. The number of esters is 1. The van der Waals surface area contributed by atoms with Crippen LogP contribution in [0.3, 0.4) is 0 Å². The fourth-order valence-corrected chi connectivity index (χ4v) is 1.83. The molecule has 0 aliphatic rings. The highest BCUT2D eigenvalue weighted by Crippen LogP contribution is 2.12. The smallest absolute Gasteiger partial charge is 0.409 e. The van der Waals surface area contributed by atoms with E-state index in [2.05, 4.69) is 6.07 Å². The highest BCUT2D eigenvalue weighted by Gasteiger charge is 2.09. The maximum atomic E-state index is 11.6. The van der Waals surface area contributed by atoms with E-state index in [-0.39, 0.29) is 6.61 Å². The molecule has 0 fully saturated rings. The van der Waals surface area contributed by atoms with Gasteiger partial charge in [0, 0.05) is 13.1 Å². The zero-order valence-corrected chi connectivity index (χ0v) is 13.6. The molecule has 0 aliphatic heterocycles. The number of amides is 1. The highest BCUT2D eigenvalue weighted by atomic mass is 16.6. The van der Waals surface area contributed by atoms with Gasteiger partial charge in [-0.15, -0.1) is 0 Å². The molecule has 1 rings (SSSR count). The molecule has 1 amide bonds. The molecule has 22 heavy (non-hydrogen) atoms. The van der Waals surface area contributed by atoms with Crippen LogP contribution in [-0.2, 0) is 14.3 Å². The van der Waals surface area contributed by atoms with Gasteiger partial charge in [0.05, 0.1) is 13.2 Å².